The number of hydrogen-bond acceptors (Lipinski definition) is 4. The van der Waals surface area contributed by atoms with Crippen LogP contribution in [0.2, 0.25) is 0 Å². The molecule has 21 heavy (non-hydrogen) atoms. The Kier molecular flexibility index (Phi) is 4.62. The summed E-state index contributed by atoms with van der Waals surface area (Å²) in [6.07, 6.45) is -4.02. The van der Waals surface area contributed by atoms with Gasteiger partial charge in [0.1, 0.15) is 5.75 Å². The molecule has 1 aromatic carbocycles. The fourth-order valence-electron chi connectivity index (χ4n) is 1.42. The first-order valence-electron chi connectivity index (χ1n) is 5.31. The Morgan fingerprint density at radius 3 is 2.24 bits per heavy atom. The van der Waals surface area contributed by atoms with E-state index < -0.39 is 50.5 Å². The van der Waals surface area contributed by atoms with E-state index in [9.17, 15) is 31.2 Å². The number of benzene rings is 1. The van der Waals surface area contributed by atoms with Crippen molar-refractivity contribution in [3.8, 4) is 0 Å². The molecule has 0 aliphatic heterocycles. The van der Waals surface area contributed by atoms with Gasteiger partial charge in [0.05, 0.1) is 11.1 Å². The highest BCUT2D eigenvalue weighted by atomic mass is 32.2. The van der Waals surface area contributed by atoms with Crippen LogP contribution in [-0.4, -0.2) is 37.4 Å². The number of nitrogens with one attached hydrogen (secondary N) is 1. The van der Waals surface area contributed by atoms with Crippen LogP contribution in [0.15, 0.2) is 18.2 Å². The van der Waals surface area contributed by atoms with E-state index in [0.29, 0.717) is 12.1 Å². The number of alkyl halides is 3. The minimum absolute atomic E-state index is 0.411. The standard InChI is InChI=1S/C11H10F3NO5S/c1-21(19,20)5-9(16)15-8-3-6(10(17)18)2-7(4-8)11(12,13)14/h2-4H,5H2,1H3,(H,15,16)(H,17,18). The smallest absolute Gasteiger partial charge is 0.416 e. The van der Waals surface area contributed by atoms with Gasteiger partial charge in [-0.3, -0.25) is 4.79 Å². The van der Waals surface area contributed by atoms with E-state index in [0.717, 1.165) is 12.3 Å². The Labute approximate surface area is 117 Å². The number of carboxylic acid groups (broad SMARTS) is 1. The number of anilines is 1. The maximum absolute atomic E-state index is 12.6. The largest absolute Gasteiger partial charge is 0.478 e. The van der Waals surface area contributed by atoms with Crippen LogP contribution in [-0.2, 0) is 20.8 Å². The maximum atomic E-state index is 12.6. The number of amides is 1. The van der Waals surface area contributed by atoms with Gasteiger partial charge in [-0.15, -0.1) is 0 Å². The summed E-state index contributed by atoms with van der Waals surface area (Å²) in [4.78, 5) is 22.1. The van der Waals surface area contributed by atoms with Gasteiger partial charge in [0.15, 0.2) is 9.84 Å². The summed E-state index contributed by atoms with van der Waals surface area (Å²) in [5.41, 5.74) is -2.40. The van der Waals surface area contributed by atoms with Crippen LogP contribution in [0.25, 0.3) is 0 Å². The van der Waals surface area contributed by atoms with Gasteiger partial charge in [-0.05, 0) is 18.2 Å². The number of sulfone groups is 1. The third-order valence-electron chi connectivity index (χ3n) is 2.18. The number of carboxylic acids is 1. The molecule has 0 spiro atoms. The SMILES string of the molecule is CS(=O)(=O)CC(=O)Nc1cc(C(=O)O)cc(C(F)(F)F)c1. The topological polar surface area (TPSA) is 101 Å². The normalized spacial score (nSPS) is 12.0. The van der Waals surface area contributed by atoms with E-state index in [2.05, 4.69) is 0 Å². The van der Waals surface area contributed by atoms with Crippen LogP contribution < -0.4 is 5.32 Å². The van der Waals surface area contributed by atoms with Crippen molar-refractivity contribution in [3.63, 3.8) is 0 Å². The van der Waals surface area contributed by atoms with Crippen molar-refractivity contribution in [1.29, 1.82) is 0 Å². The van der Waals surface area contributed by atoms with Crippen molar-refractivity contribution in [1.82, 2.24) is 0 Å². The Balaban J connectivity index is 3.15. The third kappa shape index (κ3) is 5.42. The molecule has 10 heteroatoms. The molecule has 1 aromatic rings. The molecule has 0 radical (unpaired) electrons. The zero-order chi connectivity index (χ0) is 16.4. The second kappa shape index (κ2) is 5.72. The molecule has 1 rings (SSSR count). The first-order valence-corrected chi connectivity index (χ1v) is 7.38. The Morgan fingerprint density at radius 2 is 1.81 bits per heavy atom. The number of rotatable bonds is 4. The van der Waals surface area contributed by atoms with Crippen LogP contribution >= 0.6 is 0 Å². The van der Waals surface area contributed by atoms with Crippen LogP contribution in [0.1, 0.15) is 15.9 Å². The molecular formula is C11H10F3NO5S. The van der Waals surface area contributed by atoms with E-state index in [-0.39, 0.29) is 0 Å². The van der Waals surface area contributed by atoms with Gasteiger partial charge in [-0.25, -0.2) is 13.2 Å². The van der Waals surface area contributed by atoms with Crippen molar-refractivity contribution in [2.24, 2.45) is 0 Å². The Bertz CT molecular complexity index is 682. The summed E-state index contributed by atoms with van der Waals surface area (Å²) >= 11 is 0. The van der Waals surface area contributed by atoms with Gasteiger partial charge in [0.2, 0.25) is 5.91 Å². The van der Waals surface area contributed by atoms with Crippen molar-refractivity contribution in [3.05, 3.63) is 29.3 Å². The number of aromatic carboxylic acids is 1. The van der Waals surface area contributed by atoms with Crippen molar-refractivity contribution >= 4 is 27.4 Å². The lowest BCUT2D eigenvalue weighted by atomic mass is 10.1. The van der Waals surface area contributed by atoms with Crippen molar-refractivity contribution < 1.29 is 36.3 Å². The molecule has 0 fully saturated rings. The van der Waals surface area contributed by atoms with Crippen LogP contribution in [0, 0.1) is 0 Å². The molecule has 2 N–H and O–H groups in total. The highest BCUT2D eigenvalue weighted by Crippen LogP contribution is 2.32. The minimum Gasteiger partial charge on any atom is -0.478 e. The molecular weight excluding hydrogens is 315 g/mol. The van der Waals surface area contributed by atoms with Crippen molar-refractivity contribution in [2.75, 3.05) is 17.3 Å². The van der Waals surface area contributed by atoms with Crippen molar-refractivity contribution in [2.45, 2.75) is 6.18 Å². The molecule has 0 unspecified atom stereocenters. The Morgan fingerprint density at radius 1 is 1.24 bits per heavy atom. The van der Waals surface area contributed by atoms with Gasteiger partial charge < -0.3 is 10.4 Å². The zero-order valence-electron chi connectivity index (χ0n) is 10.6. The fourth-order valence-corrected chi connectivity index (χ4v) is 1.97. The van der Waals surface area contributed by atoms with Gasteiger partial charge in [0, 0.05) is 11.9 Å². The summed E-state index contributed by atoms with van der Waals surface area (Å²) < 4.78 is 59.7. The van der Waals surface area contributed by atoms with Gasteiger partial charge in [-0.2, -0.15) is 13.2 Å². The summed E-state index contributed by atoms with van der Waals surface area (Å²) in [5.74, 6) is -3.60. The second-order valence-corrected chi connectivity index (χ2v) is 6.36. The maximum Gasteiger partial charge on any atom is 0.416 e. The number of carbonyl (C=O) groups is 2. The molecule has 116 valence electrons. The van der Waals surface area contributed by atoms with Gasteiger partial charge >= 0.3 is 12.1 Å². The molecule has 1 amide bonds. The quantitative estimate of drug-likeness (QED) is 0.871. The third-order valence-corrected chi connectivity index (χ3v) is 2.97. The Hall–Kier alpha value is -2.10. The first-order chi connectivity index (χ1) is 9.38. The van der Waals surface area contributed by atoms with E-state index in [1.807, 2.05) is 5.32 Å². The fraction of sp³-hybridized carbons (Fsp3) is 0.273. The highest BCUT2D eigenvalue weighted by molar-refractivity contribution is 7.91. The average Bonchev–Trinajstić information content (AvgIpc) is 2.24. The van der Waals surface area contributed by atoms with Gasteiger partial charge in [-0.1, -0.05) is 0 Å². The second-order valence-electron chi connectivity index (χ2n) is 4.22. The van der Waals surface area contributed by atoms with Crippen LogP contribution in [0.3, 0.4) is 0 Å². The number of carbonyl (C=O) groups excluding carboxylic acids is 1. The predicted molar refractivity (Wildman–Crippen MR) is 66.7 cm³/mol. The molecule has 0 heterocycles. The number of hydrogen-bond donors (Lipinski definition) is 2. The predicted octanol–water partition coefficient (Wildman–Crippen LogP) is 1.39. The average molecular weight is 325 g/mol. The minimum atomic E-state index is -4.80. The molecule has 6 nitrogen and oxygen atoms in total. The lowest BCUT2D eigenvalue weighted by Gasteiger charge is -2.11. The summed E-state index contributed by atoms with van der Waals surface area (Å²) in [5, 5.41) is 10.7. The number of halogens is 3. The first kappa shape index (κ1) is 17.0. The van der Waals surface area contributed by atoms with E-state index in [4.69, 9.17) is 5.11 Å². The molecule has 0 atom stereocenters. The summed E-state index contributed by atoms with van der Waals surface area (Å²) in [6, 6.07) is 1.74. The van der Waals surface area contributed by atoms with Crippen LogP contribution in [0.4, 0.5) is 18.9 Å². The monoisotopic (exact) mass is 325 g/mol. The zero-order valence-corrected chi connectivity index (χ0v) is 11.4. The summed E-state index contributed by atoms with van der Waals surface area (Å²) in [7, 11) is -3.66. The molecule has 0 bridgehead atoms. The van der Waals surface area contributed by atoms with Gasteiger partial charge in [0.25, 0.3) is 0 Å². The van der Waals surface area contributed by atoms with E-state index >= 15 is 0 Å². The van der Waals surface area contributed by atoms with Crippen LogP contribution in [0.5, 0.6) is 0 Å². The molecule has 0 aromatic heterocycles. The van der Waals surface area contributed by atoms with E-state index in [1.54, 1.807) is 0 Å². The molecule has 0 saturated carbocycles. The molecule has 0 aliphatic carbocycles. The lowest BCUT2D eigenvalue weighted by Crippen LogP contribution is -2.22. The highest BCUT2D eigenvalue weighted by Gasteiger charge is 2.32. The summed E-state index contributed by atoms with van der Waals surface area (Å²) in [6.45, 7) is 0. The molecule has 0 aliphatic rings. The van der Waals surface area contributed by atoms with E-state index in [1.165, 1.54) is 0 Å². The molecule has 0 saturated heterocycles. The lowest BCUT2D eigenvalue weighted by molar-refractivity contribution is -0.137.